The zero-order chi connectivity index (χ0) is 18.8. The van der Waals surface area contributed by atoms with E-state index in [2.05, 4.69) is 21.5 Å². The Bertz CT molecular complexity index is 802. The van der Waals surface area contributed by atoms with Crippen LogP contribution in [-0.4, -0.2) is 45.0 Å². The predicted molar refractivity (Wildman–Crippen MR) is 102 cm³/mol. The molecule has 2 aliphatic heterocycles. The quantitative estimate of drug-likeness (QED) is 0.831. The summed E-state index contributed by atoms with van der Waals surface area (Å²) in [7, 11) is 0. The van der Waals surface area contributed by atoms with Gasteiger partial charge in [0.05, 0.1) is 0 Å². The van der Waals surface area contributed by atoms with Crippen LogP contribution in [0.25, 0.3) is 0 Å². The number of likely N-dealkylation sites (tertiary alicyclic amines) is 1. The summed E-state index contributed by atoms with van der Waals surface area (Å²) in [4.78, 5) is 23.6. The third-order valence-corrected chi connectivity index (χ3v) is 5.86. The SMILES string of the molecule is Cc1cccnc1C(=O)N1CCC(Cn2c(C)cnc2C2CCCO2)CC1. The Morgan fingerprint density at radius 2 is 2.04 bits per heavy atom. The van der Waals surface area contributed by atoms with E-state index < -0.39 is 0 Å². The molecule has 0 bridgehead atoms. The molecular formula is C21H28N4O2. The lowest BCUT2D eigenvalue weighted by Gasteiger charge is -2.33. The van der Waals surface area contributed by atoms with Gasteiger partial charge in [-0.3, -0.25) is 9.78 Å². The van der Waals surface area contributed by atoms with Gasteiger partial charge in [-0.15, -0.1) is 0 Å². The molecule has 2 aromatic heterocycles. The molecule has 144 valence electrons. The van der Waals surface area contributed by atoms with Crippen molar-refractivity contribution >= 4 is 5.91 Å². The molecule has 0 N–H and O–H groups in total. The number of pyridine rings is 1. The standard InChI is InChI=1S/C21H28N4O2/c1-15-5-3-9-22-19(15)21(26)24-10-7-17(8-11-24)14-25-16(2)13-23-20(25)18-6-4-12-27-18/h3,5,9,13,17-18H,4,6-8,10-12,14H2,1-2H3. The first-order valence-electron chi connectivity index (χ1n) is 9.98. The van der Waals surface area contributed by atoms with E-state index in [0.717, 1.165) is 63.3 Å². The van der Waals surface area contributed by atoms with Gasteiger partial charge in [-0.05, 0) is 57.1 Å². The van der Waals surface area contributed by atoms with E-state index in [1.54, 1.807) is 6.20 Å². The highest BCUT2D eigenvalue weighted by Gasteiger charge is 2.28. The van der Waals surface area contributed by atoms with E-state index in [1.807, 2.05) is 30.2 Å². The molecular weight excluding hydrogens is 340 g/mol. The minimum absolute atomic E-state index is 0.0606. The van der Waals surface area contributed by atoms with Crippen LogP contribution in [-0.2, 0) is 11.3 Å². The molecule has 2 aromatic rings. The number of carbonyl (C=O) groups excluding carboxylic acids is 1. The van der Waals surface area contributed by atoms with Crippen molar-refractivity contribution in [3.8, 4) is 0 Å². The van der Waals surface area contributed by atoms with Gasteiger partial charge in [-0.1, -0.05) is 6.07 Å². The Morgan fingerprint density at radius 1 is 1.22 bits per heavy atom. The Labute approximate surface area is 160 Å². The number of aryl methyl sites for hydroxylation is 2. The number of piperidine rings is 1. The number of nitrogens with zero attached hydrogens (tertiary/aromatic N) is 4. The molecule has 6 nitrogen and oxygen atoms in total. The number of carbonyl (C=O) groups is 1. The monoisotopic (exact) mass is 368 g/mol. The lowest BCUT2D eigenvalue weighted by Crippen LogP contribution is -2.40. The molecule has 2 aliphatic rings. The lowest BCUT2D eigenvalue weighted by molar-refractivity contribution is 0.0671. The summed E-state index contributed by atoms with van der Waals surface area (Å²) in [5.74, 6) is 1.70. The van der Waals surface area contributed by atoms with Gasteiger partial charge >= 0.3 is 0 Å². The molecule has 6 heteroatoms. The minimum Gasteiger partial charge on any atom is -0.370 e. The summed E-state index contributed by atoms with van der Waals surface area (Å²) in [6.07, 6.45) is 8.01. The van der Waals surface area contributed by atoms with Gasteiger partial charge in [-0.25, -0.2) is 4.98 Å². The van der Waals surface area contributed by atoms with Crippen LogP contribution in [0, 0.1) is 19.8 Å². The maximum atomic E-state index is 12.8. The number of imidazole rings is 1. The number of rotatable bonds is 4. The largest absolute Gasteiger partial charge is 0.370 e. The van der Waals surface area contributed by atoms with Crippen LogP contribution >= 0.6 is 0 Å². The van der Waals surface area contributed by atoms with Crippen LogP contribution < -0.4 is 0 Å². The van der Waals surface area contributed by atoms with E-state index in [1.165, 1.54) is 5.69 Å². The molecule has 4 rings (SSSR count). The summed E-state index contributed by atoms with van der Waals surface area (Å²) in [6, 6.07) is 3.82. The number of hydrogen-bond acceptors (Lipinski definition) is 4. The summed E-state index contributed by atoms with van der Waals surface area (Å²) in [6.45, 7) is 7.45. The first-order valence-corrected chi connectivity index (χ1v) is 9.98. The second-order valence-electron chi connectivity index (χ2n) is 7.77. The predicted octanol–water partition coefficient (Wildman–Crippen LogP) is 3.30. The highest BCUT2D eigenvalue weighted by atomic mass is 16.5. The van der Waals surface area contributed by atoms with Crippen molar-refractivity contribution in [2.45, 2.75) is 52.2 Å². The Hall–Kier alpha value is -2.21. The molecule has 0 saturated carbocycles. The van der Waals surface area contributed by atoms with Crippen molar-refractivity contribution in [3.05, 3.63) is 47.3 Å². The van der Waals surface area contributed by atoms with Crippen molar-refractivity contribution in [2.24, 2.45) is 5.92 Å². The molecule has 0 radical (unpaired) electrons. The normalized spacial score (nSPS) is 21.0. The molecule has 1 unspecified atom stereocenters. The molecule has 4 heterocycles. The molecule has 0 aliphatic carbocycles. The van der Waals surface area contributed by atoms with Gasteiger partial charge in [0, 0.05) is 44.3 Å². The van der Waals surface area contributed by atoms with Crippen LogP contribution in [0.5, 0.6) is 0 Å². The molecule has 2 fully saturated rings. The molecule has 1 amide bonds. The van der Waals surface area contributed by atoms with E-state index >= 15 is 0 Å². The summed E-state index contributed by atoms with van der Waals surface area (Å²) in [5, 5.41) is 0. The van der Waals surface area contributed by atoms with Gasteiger partial charge in [0.15, 0.2) is 0 Å². The average Bonchev–Trinajstić information content (AvgIpc) is 3.33. The van der Waals surface area contributed by atoms with Crippen molar-refractivity contribution in [2.75, 3.05) is 19.7 Å². The fraction of sp³-hybridized carbons (Fsp3) is 0.571. The number of amides is 1. The first kappa shape index (κ1) is 18.2. The number of hydrogen-bond donors (Lipinski definition) is 0. The third kappa shape index (κ3) is 3.76. The highest BCUT2D eigenvalue weighted by molar-refractivity contribution is 5.93. The molecule has 27 heavy (non-hydrogen) atoms. The van der Waals surface area contributed by atoms with Gasteiger partial charge in [0.2, 0.25) is 0 Å². The topological polar surface area (TPSA) is 60.2 Å². The first-order chi connectivity index (χ1) is 13.1. The van der Waals surface area contributed by atoms with Gasteiger partial charge in [0.25, 0.3) is 5.91 Å². The van der Waals surface area contributed by atoms with Crippen molar-refractivity contribution < 1.29 is 9.53 Å². The Kier molecular flexibility index (Phi) is 5.25. The molecule has 0 aromatic carbocycles. The Balaban J connectivity index is 1.38. The maximum absolute atomic E-state index is 12.8. The van der Waals surface area contributed by atoms with E-state index in [4.69, 9.17) is 4.74 Å². The highest BCUT2D eigenvalue weighted by Crippen LogP contribution is 2.30. The van der Waals surface area contributed by atoms with Gasteiger partial charge in [0.1, 0.15) is 17.6 Å². The molecule has 0 spiro atoms. The van der Waals surface area contributed by atoms with Crippen LogP contribution in [0.4, 0.5) is 0 Å². The Morgan fingerprint density at radius 3 is 2.74 bits per heavy atom. The number of aromatic nitrogens is 3. The van der Waals surface area contributed by atoms with E-state index in [-0.39, 0.29) is 12.0 Å². The van der Waals surface area contributed by atoms with E-state index in [9.17, 15) is 4.79 Å². The minimum atomic E-state index is 0.0606. The summed E-state index contributed by atoms with van der Waals surface area (Å²) < 4.78 is 8.18. The van der Waals surface area contributed by atoms with Crippen LogP contribution in [0.2, 0.25) is 0 Å². The lowest BCUT2D eigenvalue weighted by atomic mass is 9.96. The van der Waals surface area contributed by atoms with Crippen molar-refractivity contribution in [1.82, 2.24) is 19.4 Å². The molecule has 1 atom stereocenters. The van der Waals surface area contributed by atoms with Crippen LogP contribution in [0.15, 0.2) is 24.5 Å². The van der Waals surface area contributed by atoms with Crippen LogP contribution in [0.1, 0.15) is 59.4 Å². The maximum Gasteiger partial charge on any atom is 0.272 e. The second kappa shape index (κ2) is 7.80. The summed E-state index contributed by atoms with van der Waals surface area (Å²) in [5.41, 5.74) is 2.73. The van der Waals surface area contributed by atoms with E-state index in [0.29, 0.717) is 11.6 Å². The molecule has 2 saturated heterocycles. The van der Waals surface area contributed by atoms with Crippen LogP contribution in [0.3, 0.4) is 0 Å². The van der Waals surface area contributed by atoms with Gasteiger partial charge in [-0.2, -0.15) is 0 Å². The number of ether oxygens (including phenoxy) is 1. The second-order valence-corrected chi connectivity index (χ2v) is 7.77. The zero-order valence-corrected chi connectivity index (χ0v) is 16.2. The summed E-state index contributed by atoms with van der Waals surface area (Å²) >= 11 is 0. The smallest absolute Gasteiger partial charge is 0.272 e. The average molecular weight is 368 g/mol. The van der Waals surface area contributed by atoms with Crippen molar-refractivity contribution in [3.63, 3.8) is 0 Å². The fourth-order valence-corrected chi connectivity index (χ4v) is 4.19. The fourth-order valence-electron chi connectivity index (χ4n) is 4.19. The van der Waals surface area contributed by atoms with Crippen molar-refractivity contribution in [1.29, 1.82) is 0 Å². The zero-order valence-electron chi connectivity index (χ0n) is 16.2. The third-order valence-electron chi connectivity index (χ3n) is 5.86. The van der Waals surface area contributed by atoms with Gasteiger partial charge < -0.3 is 14.2 Å².